The minimum atomic E-state index is 0.462. The minimum absolute atomic E-state index is 0.462. The van der Waals surface area contributed by atoms with Gasteiger partial charge in [0.25, 0.3) is 0 Å². The van der Waals surface area contributed by atoms with Crippen LogP contribution >= 0.6 is 11.6 Å². The number of para-hydroxylation sites is 1. The average Bonchev–Trinajstić information content (AvgIpc) is 3.33. The zero-order chi connectivity index (χ0) is 27.7. The van der Waals surface area contributed by atoms with Crippen molar-refractivity contribution in [3.05, 3.63) is 58.9 Å². The monoisotopic (exact) mass is 564 g/mol. The number of hydrogen-bond acceptors (Lipinski definition) is 4. The number of aromatic nitrogens is 2. The fourth-order valence-electron chi connectivity index (χ4n) is 6.64. The number of halogens is 1. The van der Waals surface area contributed by atoms with Crippen LogP contribution < -0.4 is 10.1 Å². The average molecular weight is 565 g/mol. The van der Waals surface area contributed by atoms with Crippen molar-refractivity contribution in [2.75, 3.05) is 26.2 Å². The van der Waals surface area contributed by atoms with Crippen LogP contribution in [0.3, 0.4) is 0 Å². The van der Waals surface area contributed by atoms with Gasteiger partial charge in [-0.2, -0.15) is 0 Å². The second-order valence-corrected chi connectivity index (χ2v) is 12.8. The molecule has 2 heterocycles. The van der Waals surface area contributed by atoms with Crippen LogP contribution in [0, 0.1) is 18.8 Å². The lowest BCUT2D eigenvalue weighted by molar-refractivity contribution is 0.173. The Balaban J connectivity index is 1.03. The first-order valence-electron chi connectivity index (χ1n) is 15.8. The van der Waals surface area contributed by atoms with Gasteiger partial charge in [0.1, 0.15) is 18.2 Å². The van der Waals surface area contributed by atoms with E-state index >= 15 is 0 Å². The summed E-state index contributed by atoms with van der Waals surface area (Å²) in [7, 11) is 0. The number of aryl methyl sites for hydroxylation is 2. The van der Waals surface area contributed by atoms with Gasteiger partial charge in [-0.25, -0.2) is 4.98 Å². The molecule has 0 spiro atoms. The van der Waals surface area contributed by atoms with Gasteiger partial charge in [0.2, 0.25) is 0 Å². The number of piperidine rings is 1. The number of ether oxygens (including phenoxy) is 1. The van der Waals surface area contributed by atoms with Gasteiger partial charge in [-0.15, -0.1) is 0 Å². The van der Waals surface area contributed by atoms with Gasteiger partial charge in [-0.3, -0.25) is 0 Å². The molecule has 3 aromatic rings. The molecule has 1 saturated carbocycles. The number of nitrogens with one attached hydrogen (secondary N) is 1. The van der Waals surface area contributed by atoms with E-state index in [2.05, 4.69) is 46.8 Å². The largest absolute Gasteiger partial charge is 0.486 e. The molecule has 218 valence electrons. The van der Waals surface area contributed by atoms with Crippen molar-refractivity contribution in [1.82, 2.24) is 19.8 Å². The van der Waals surface area contributed by atoms with E-state index in [1.54, 1.807) is 0 Å². The number of benzene rings is 2. The fraction of sp³-hybridized carbons (Fsp3) is 0.618. The number of fused-ring (bicyclic) bond motifs is 1. The molecular weight excluding hydrogens is 516 g/mol. The van der Waals surface area contributed by atoms with Crippen LogP contribution in [0.2, 0.25) is 5.02 Å². The number of rotatable bonds is 13. The molecule has 2 fully saturated rings. The highest BCUT2D eigenvalue weighted by atomic mass is 35.5. The van der Waals surface area contributed by atoms with Crippen molar-refractivity contribution in [3.63, 3.8) is 0 Å². The highest BCUT2D eigenvalue weighted by molar-refractivity contribution is 6.30. The van der Waals surface area contributed by atoms with Crippen molar-refractivity contribution in [3.8, 4) is 5.75 Å². The summed E-state index contributed by atoms with van der Waals surface area (Å²) in [4.78, 5) is 7.70. The molecule has 0 amide bonds. The molecular formula is C34H49ClN4O. The Morgan fingerprint density at radius 3 is 2.48 bits per heavy atom. The Hall–Kier alpha value is -2.08. The van der Waals surface area contributed by atoms with Gasteiger partial charge >= 0.3 is 0 Å². The van der Waals surface area contributed by atoms with E-state index in [0.717, 1.165) is 46.5 Å². The lowest BCUT2D eigenvalue weighted by atomic mass is 9.87. The fourth-order valence-corrected chi connectivity index (χ4v) is 6.77. The number of likely N-dealkylation sites (tertiary alicyclic amines) is 1. The van der Waals surface area contributed by atoms with Gasteiger partial charge in [0, 0.05) is 17.6 Å². The molecule has 0 radical (unpaired) electrons. The lowest BCUT2D eigenvalue weighted by Crippen LogP contribution is -2.35. The van der Waals surface area contributed by atoms with E-state index in [0.29, 0.717) is 6.61 Å². The normalized spacial score (nSPS) is 20.8. The predicted octanol–water partition coefficient (Wildman–Crippen LogP) is 8.02. The van der Waals surface area contributed by atoms with Gasteiger partial charge in [0.05, 0.1) is 11.0 Å². The summed E-state index contributed by atoms with van der Waals surface area (Å²) in [6, 6.07) is 14.8. The summed E-state index contributed by atoms with van der Waals surface area (Å²) in [6.07, 6.45) is 13.4. The Morgan fingerprint density at radius 1 is 0.925 bits per heavy atom. The maximum absolute atomic E-state index is 6.10. The second kappa shape index (κ2) is 14.7. The van der Waals surface area contributed by atoms with Gasteiger partial charge < -0.3 is 19.5 Å². The molecule has 1 aliphatic heterocycles. The van der Waals surface area contributed by atoms with Crippen LogP contribution in [-0.4, -0.2) is 46.7 Å². The second-order valence-electron chi connectivity index (χ2n) is 12.4. The summed E-state index contributed by atoms with van der Waals surface area (Å²) in [6.45, 7) is 11.0. The van der Waals surface area contributed by atoms with Crippen LogP contribution in [0.15, 0.2) is 42.5 Å². The summed E-state index contributed by atoms with van der Waals surface area (Å²) >= 11 is 6.04. The standard InChI is InChI=1S/C34H49ClN4O/c1-26-10-14-30(15-11-26)36-20-3-4-21-38-23-18-28(19-24-38)8-6-22-39-32-9-5-7-27(2)34(32)37-33(39)25-40-31-16-12-29(35)13-17-31/h5,7,9,12-13,16-17,26,28,30,36H,3-4,6,8,10-11,14-15,18-25H2,1-2H3. The summed E-state index contributed by atoms with van der Waals surface area (Å²) in [5.41, 5.74) is 3.53. The van der Waals surface area contributed by atoms with Crippen molar-refractivity contribution in [2.45, 2.75) is 97.2 Å². The Labute approximate surface area is 246 Å². The number of nitrogens with zero attached hydrogens (tertiary/aromatic N) is 3. The maximum Gasteiger partial charge on any atom is 0.148 e. The van der Waals surface area contributed by atoms with Crippen molar-refractivity contribution in [1.29, 1.82) is 0 Å². The number of imidazole rings is 1. The first-order valence-corrected chi connectivity index (χ1v) is 16.2. The highest BCUT2D eigenvalue weighted by Gasteiger charge is 2.20. The van der Waals surface area contributed by atoms with E-state index in [-0.39, 0.29) is 0 Å². The lowest BCUT2D eigenvalue weighted by Gasteiger charge is -2.32. The molecule has 0 unspecified atom stereocenters. The third kappa shape index (κ3) is 8.24. The van der Waals surface area contributed by atoms with E-state index in [1.807, 2.05) is 24.3 Å². The molecule has 2 aliphatic rings. The molecule has 6 heteroatoms. The Bertz CT molecular complexity index is 1180. The molecule has 2 aromatic carbocycles. The zero-order valence-electron chi connectivity index (χ0n) is 24.7. The van der Waals surface area contributed by atoms with E-state index in [1.165, 1.54) is 101 Å². The number of hydrogen-bond donors (Lipinski definition) is 1. The quantitative estimate of drug-likeness (QED) is 0.213. The minimum Gasteiger partial charge on any atom is -0.486 e. The van der Waals surface area contributed by atoms with Gasteiger partial charge in [0.15, 0.2) is 0 Å². The Kier molecular flexibility index (Phi) is 10.8. The maximum atomic E-state index is 6.10. The molecule has 1 aliphatic carbocycles. The first kappa shape index (κ1) is 29.4. The van der Waals surface area contributed by atoms with Crippen molar-refractivity contribution in [2.24, 2.45) is 11.8 Å². The van der Waals surface area contributed by atoms with Crippen molar-refractivity contribution < 1.29 is 4.74 Å². The van der Waals surface area contributed by atoms with Crippen LogP contribution in [0.25, 0.3) is 11.0 Å². The van der Waals surface area contributed by atoms with Gasteiger partial charge in [-0.1, -0.05) is 30.7 Å². The molecule has 0 bridgehead atoms. The molecule has 1 saturated heterocycles. The first-order chi connectivity index (χ1) is 19.5. The summed E-state index contributed by atoms with van der Waals surface area (Å²) in [5.74, 6) is 3.61. The topological polar surface area (TPSA) is 42.3 Å². The molecule has 1 aromatic heterocycles. The zero-order valence-corrected chi connectivity index (χ0v) is 25.5. The molecule has 0 atom stereocenters. The molecule has 5 rings (SSSR count). The molecule has 1 N–H and O–H groups in total. The van der Waals surface area contributed by atoms with E-state index in [9.17, 15) is 0 Å². The molecule has 5 nitrogen and oxygen atoms in total. The predicted molar refractivity (Wildman–Crippen MR) is 167 cm³/mol. The number of unbranched alkanes of at least 4 members (excludes halogenated alkanes) is 1. The summed E-state index contributed by atoms with van der Waals surface area (Å²) in [5, 5.41) is 4.54. The third-order valence-electron chi connectivity index (χ3n) is 9.29. The van der Waals surface area contributed by atoms with E-state index in [4.69, 9.17) is 21.3 Å². The highest BCUT2D eigenvalue weighted by Crippen LogP contribution is 2.26. The SMILES string of the molecule is Cc1cccc2c1nc(COc1ccc(Cl)cc1)n2CCCC1CCN(CCCCNC2CCC(C)CC2)CC1. The van der Waals surface area contributed by atoms with E-state index < -0.39 is 0 Å². The van der Waals surface area contributed by atoms with Crippen LogP contribution in [-0.2, 0) is 13.2 Å². The van der Waals surface area contributed by atoms with Crippen LogP contribution in [0.1, 0.15) is 82.5 Å². The Morgan fingerprint density at radius 2 is 1.70 bits per heavy atom. The summed E-state index contributed by atoms with van der Waals surface area (Å²) < 4.78 is 8.48. The van der Waals surface area contributed by atoms with Gasteiger partial charge in [-0.05, 0) is 145 Å². The third-order valence-corrected chi connectivity index (χ3v) is 9.54. The molecule has 40 heavy (non-hydrogen) atoms. The van der Waals surface area contributed by atoms with Crippen LogP contribution in [0.5, 0.6) is 5.75 Å². The van der Waals surface area contributed by atoms with Crippen molar-refractivity contribution >= 4 is 22.6 Å². The smallest absolute Gasteiger partial charge is 0.148 e. The van der Waals surface area contributed by atoms with Crippen LogP contribution in [0.4, 0.5) is 0 Å².